The normalized spacial score (nSPS) is 16.0. The molecular weight excluding hydrogens is 312 g/mol. The number of carbonyl (C=O) groups excluding carboxylic acids is 1. The highest BCUT2D eigenvalue weighted by Crippen LogP contribution is 2.16. The van der Waals surface area contributed by atoms with Crippen molar-refractivity contribution in [3.05, 3.63) is 29.8 Å². The molecule has 1 saturated heterocycles. The molecule has 1 N–H and O–H groups in total. The van der Waals surface area contributed by atoms with E-state index >= 15 is 0 Å². The fraction of sp³-hybridized carbons (Fsp3) is 0.588. The Balaban J connectivity index is 1.81. The molecule has 0 saturated carbocycles. The molecule has 22 heavy (non-hydrogen) atoms. The average molecular weight is 339 g/mol. The predicted molar refractivity (Wildman–Crippen MR) is 99.8 cm³/mol. The molecule has 1 aliphatic rings. The van der Waals surface area contributed by atoms with Crippen LogP contribution in [0.5, 0.6) is 0 Å². The maximum atomic E-state index is 12.0. The standard InChI is InChI=1S/C17H26N2OS2/c1-14(2)12-22-13-17(20)18-16-5-3-4-15(10-16)11-19-6-8-21-9-7-19/h3-5,10,14H,6-9,11-13H2,1-2H3,(H,18,20). The van der Waals surface area contributed by atoms with Crippen LogP contribution in [0.1, 0.15) is 19.4 Å². The van der Waals surface area contributed by atoms with Crippen molar-refractivity contribution in [3.8, 4) is 0 Å². The quantitative estimate of drug-likeness (QED) is 0.824. The first-order valence-electron chi connectivity index (χ1n) is 7.90. The molecule has 0 spiro atoms. The summed E-state index contributed by atoms with van der Waals surface area (Å²) in [5.41, 5.74) is 2.19. The van der Waals surface area contributed by atoms with Crippen molar-refractivity contribution in [2.75, 3.05) is 41.4 Å². The molecule has 0 bridgehead atoms. The van der Waals surface area contributed by atoms with Crippen LogP contribution in [0, 0.1) is 5.92 Å². The summed E-state index contributed by atoms with van der Waals surface area (Å²) in [5, 5.41) is 3.01. The number of rotatable bonds is 7. The van der Waals surface area contributed by atoms with E-state index in [1.54, 1.807) is 11.8 Å². The highest BCUT2D eigenvalue weighted by molar-refractivity contribution is 8.00. The van der Waals surface area contributed by atoms with Crippen molar-refractivity contribution in [3.63, 3.8) is 0 Å². The smallest absolute Gasteiger partial charge is 0.234 e. The third-order valence-corrected chi connectivity index (χ3v) is 5.72. The van der Waals surface area contributed by atoms with Gasteiger partial charge in [0, 0.05) is 36.8 Å². The van der Waals surface area contributed by atoms with E-state index in [1.807, 2.05) is 23.9 Å². The summed E-state index contributed by atoms with van der Waals surface area (Å²) >= 11 is 3.73. The van der Waals surface area contributed by atoms with Gasteiger partial charge in [0.1, 0.15) is 0 Å². The van der Waals surface area contributed by atoms with E-state index in [0.717, 1.165) is 31.1 Å². The van der Waals surface area contributed by atoms with Crippen LogP contribution in [0.15, 0.2) is 24.3 Å². The second kappa shape index (κ2) is 9.48. The molecule has 0 unspecified atom stereocenters. The SMILES string of the molecule is CC(C)CSCC(=O)Nc1cccc(CN2CCSCC2)c1. The van der Waals surface area contributed by atoms with Crippen LogP contribution in [-0.2, 0) is 11.3 Å². The Kier molecular flexibility index (Phi) is 7.63. The fourth-order valence-corrected chi connectivity index (χ4v) is 4.17. The monoisotopic (exact) mass is 338 g/mol. The third kappa shape index (κ3) is 6.63. The highest BCUT2D eigenvalue weighted by atomic mass is 32.2. The van der Waals surface area contributed by atoms with Crippen LogP contribution >= 0.6 is 23.5 Å². The van der Waals surface area contributed by atoms with Gasteiger partial charge in [-0.1, -0.05) is 26.0 Å². The number of hydrogen-bond donors (Lipinski definition) is 1. The summed E-state index contributed by atoms with van der Waals surface area (Å²) in [7, 11) is 0. The number of carbonyl (C=O) groups is 1. The molecule has 2 rings (SSSR count). The molecule has 1 aliphatic heterocycles. The van der Waals surface area contributed by atoms with E-state index < -0.39 is 0 Å². The van der Waals surface area contributed by atoms with E-state index in [1.165, 1.54) is 17.1 Å². The second-order valence-electron chi connectivity index (χ2n) is 6.05. The maximum Gasteiger partial charge on any atom is 0.234 e. The van der Waals surface area contributed by atoms with Gasteiger partial charge in [0.25, 0.3) is 0 Å². The molecule has 0 aliphatic carbocycles. The summed E-state index contributed by atoms with van der Waals surface area (Å²) in [6, 6.07) is 8.25. The number of amides is 1. The van der Waals surface area contributed by atoms with Crippen LogP contribution in [0.25, 0.3) is 0 Å². The van der Waals surface area contributed by atoms with Gasteiger partial charge >= 0.3 is 0 Å². The van der Waals surface area contributed by atoms with Crippen LogP contribution in [0.2, 0.25) is 0 Å². The van der Waals surface area contributed by atoms with Crippen molar-refractivity contribution in [1.82, 2.24) is 4.90 Å². The summed E-state index contributed by atoms with van der Waals surface area (Å²) in [5.74, 6) is 4.74. The molecule has 3 nitrogen and oxygen atoms in total. The molecule has 1 aromatic rings. The first-order chi connectivity index (χ1) is 10.6. The molecule has 1 amide bonds. The van der Waals surface area contributed by atoms with Gasteiger partial charge in [0.05, 0.1) is 5.75 Å². The summed E-state index contributed by atoms with van der Waals surface area (Å²) in [6.45, 7) is 7.65. The fourth-order valence-electron chi connectivity index (χ4n) is 2.35. The number of benzene rings is 1. The average Bonchev–Trinajstić information content (AvgIpc) is 2.48. The lowest BCUT2D eigenvalue weighted by Gasteiger charge is -2.26. The molecule has 0 radical (unpaired) electrons. The van der Waals surface area contributed by atoms with Gasteiger partial charge in [-0.15, -0.1) is 0 Å². The Bertz CT molecular complexity index is 473. The van der Waals surface area contributed by atoms with Gasteiger partial charge in [-0.2, -0.15) is 23.5 Å². The molecule has 1 heterocycles. The maximum absolute atomic E-state index is 12.0. The summed E-state index contributed by atoms with van der Waals surface area (Å²) in [6.07, 6.45) is 0. The van der Waals surface area contributed by atoms with Crippen LogP contribution < -0.4 is 5.32 Å². The van der Waals surface area contributed by atoms with E-state index in [4.69, 9.17) is 0 Å². The largest absolute Gasteiger partial charge is 0.325 e. The van der Waals surface area contributed by atoms with Gasteiger partial charge in [-0.3, -0.25) is 9.69 Å². The Labute approximate surface area is 142 Å². The molecule has 0 atom stereocenters. The predicted octanol–water partition coefficient (Wildman–Crippen LogP) is 3.56. The van der Waals surface area contributed by atoms with Gasteiger partial charge in [-0.25, -0.2) is 0 Å². The first-order valence-corrected chi connectivity index (χ1v) is 10.2. The Morgan fingerprint density at radius 3 is 2.86 bits per heavy atom. The van der Waals surface area contributed by atoms with E-state index in [-0.39, 0.29) is 5.91 Å². The Hall–Kier alpha value is -0.650. The van der Waals surface area contributed by atoms with E-state index in [0.29, 0.717) is 11.7 Å². The van der Waals surface area contributed by atoms with Crippen molar-refractivity contribution in [2.24, 2.45) is 5.92 Å². The minimum absolute atomic E-state index is 0.0946. The molecule has 1 fully saturated rings. The van der Waals surface area contributed by atoms with Crippen molar-refractivity contribution in [1.29, 1.82) is 0 Å². The van der Waals surface area contributed by atoms with Crippen LogP contribution in [0.4, 0.5) is 5.69 Å². The van der Waals surface area contributed by atoms with Crippen LogP contribution in [0.3, 0.4) is 0 Å². The number of nitrogens with zero attached hydrogens (tertiary/aromatic N) is 1. The number of thioether (sulfide) groups is 2. The molecule has 5 heteroatoms. The first kappa shape index (κ1) is 17.7. The van der Waals surface area contributed by atoms with Gasteiger partial charge < -0.3 is 5.32 Å². The number of nitrogens with one attached hydrogen (secondary N) is 1. The Morgan fingerprint density at radius 1 is 1.36 bits per heavy atom. The zero-order valence-corrected chi connectivity index (χ0v) is 15.1. The minimum atomic E-state index is 0.0946. The number of hydrogen-bond acceptors (Lipinski definition) is 4. The Morgan fingerprint density at radius 2 is 2.14 bits per heavy atom. The highest BCUT2D eigenvalue weighted by Gasteiger charge is 2.11. The topological polar surface area (TPSA) is 32.3 Å². The summed E-state index contributed by atoms with van der Waals surface area (Å²) in [4.78, 5) is 14.4. The lowest BCUT2D eigenvalue weighted by atomic mass is 10.2. The number of anilines is 1. The lowest BCUT2D eigenvalue weighted by molar-refractivity contribution is -0.113. The third-order valence-electron chi connectivity index (χ3n) is 3.40. The van der Waals surface area contributed by atoms with Crippen LogP contribution in [-0.4, -0.2) is 46.9 Å². The second-order valence-corrected chi connectivity index (χ2v) is 8.30. The zero-order valence-electron chi connectivity index (χ0n) is 13.5. The van der Waals surface area contributed by atoms with Crippen molar-refractivity contribution >= 4 is 35.1 Å². The molecule has 1 aromatic carbocycles. The van der Waals surface area contributed by atoms with E-state index in [9.17, 15) is 4.79 Å². The molecule has 122 valence electrons. The lowest BCUT2D eigenvalue weighted by Crippen LogP contribution is -2.31. The van der Waals surface area contributed by atoms with Gasteiger partial charge in [-0.05, 0) is 29.4 Å². The molecule has 0 aromatic heterocycles. The zero-order chi connectivity index (χ0) is 15.8. The van der Waals surface area contributed by atoms with E-state index in [2.05, 4.69) is 36.2 Å². The summed E-state index contributed by atoms with van der Waals surface area (Å²) < 4.78 is 0. The molecular formula is C17H26N2OS2. The van der Waals surface area contributed by atoms with Crippen molar-refractivity contribution < 1.29 is 4.79 Å². The minimum Gasteiger partial charge on any atom is -0.325 e. The van der Waals surface area contributed by atoms with Gasteiger partial charge in [0.2, 0.25) is 5.91 Å². The van der Waals surface area contributed by atoms with Crippen molar-refractivity contribution in [2.45, 2.75) is 20.4 Å². The van der Waals surface area contributed by atoms with Gasteiger partial charge in [0.15, 0.2) is 0 Å².